The lowest BCUT2D eigenvalue weighted by Crippen LogP contribution is -2.40. The lowest BCUT2D eigenvalue weighted by atomic mass is 10.1. The first-order chi connectivity index (χ1) is 13.2. The fraction of sp³-hybridized carbons (Fsp3) is 0.238. The monoisotopic (exact) mass is 381 g/mol. The molecule has 4 rings (SSSR count). The van der Waals surface area contributed by atoms with E-state index in [9.17, 15) is 9.59 Å². The molecule has 1 aromatic heterocycles. The molecule has 5 nitrogen and oxygen atoms in total. The molecular formula is C21H19NO4S. The third-order valence-electron chi connectivity index (χ3n) is 4.56. The van der Waals surface area contributed by atoms with Gasteiger partial charge in [-0.05, 0) is 17.7 Å². The molecule has 0 spiro atoms. The number of carbonyl (C=O) groups is 1. The van der Waals surface area contributed by atoms with Crippen LogP contribution >= 0.6 is 11.8 Å². The summed E-state index contributed by atoms with van der Waals surface area (Å²) in [6.45, 7) is 1.52. The van der Waals surface area contributed by atoms with Crippen LogP contribution in [0.25, 0.3) is 22.1 Å². The maximum atomic E-state index is 12.7. The molecule has 27 heavy (non-hydrogen) atoms. The predicted octanol–water partition coefficient (Wildman–Crippen LogP) is 3.41. The van der Waals surface area contributed by atoms with E-state index in [-0.39, 0.29) is 17.9 Å². The van der Waals surface area contributed by atoms with Gasteiger partial charge in [0.25, 0.3) is 5.91 Å². The van der Waals surface area contributed by atoms with Gasteiger partial charge in [-0.3, -0.25) is 9.59 Å². The SMILES string of the molecule is O=C(COc1ccc2c(=O)c(-c3ccccc3)coc2c1)N1CCSCC1. The van der Waals surface area contributed by atoms with Crippen LogP contribution in [0.15, 0.2) is 64.0 Å². The summed E-state index contributed by atoms with van der Waals surface area (Å²) >= 11 is 1.86. The Labute approximate surface area is 160 Å². The lowest BCUT2D eigenvalue weighted by molar-refractivity contribution is -0.132. The second-order valence-electron chi connectivity index (χ2n) is 6.28. The zero-order valence-corrected chi connectivity index (χ0v) is 15.5. The molecule has 1 aliphatic rings. The molecule has 0 radical (unpaired) electrons. The van der Waals surface area contributed by atoms with Gasteiger partial charge < -0.3 is 14.1 Å². The number of hydrogen-bond donors (Lipinski definition) is 0. The summed E-state index contributed by atoms with van der Waals surface area (Å²) in [6, 6.07) is 14.5. The minimum Gasteiger partial charge on any atom is -0.484 e. The first-order valence-corrected chi connectivity index (χ1v) is 9.97. The van der Waals surface area contributed by atoms with Crippen LogP contribution in [-0.2, 0) is 4.79 Å². The van der Waals surface area contributed by atoms with Crippen LogP contribution in [-0.4, -0.2) is 42.0 Å². The van der Waals surface area contributed by atoms with Gasteiger partial charge in [0.05, 0.1) is 10.9 Å². The van der Waals surface area contributed by atoms with Crippen LogP contribution in [0.5, 0.6) is 5.75 Å². The summed E-state index contributed by atoms with van der Waals surface area (Å²) in [7, 11) is 0. The Morgan fingerprint density at radius 1 is 1.11 bits per heavy atom. The van der Waals surface area contributed by atoms with E-state index >= 15 is 0 Å². The minimum atomic E-state index is -0.0871. The van der Waals surface area contributed by atoms with Crippen LogP contribution < -0.4 is 10.2 Å². The van der Waals surface area contributed by atoms with Crippen molar-refractivity contribution in [3.8, 4) is 16.9 Å². The maximum Gasteiger partial charge on any atom is 0.260 e. The zero-order chi connectivity index (χ0) is 18.6. The normalized spacial score (nSPS) is 14.3. The summed E-state index contributed by atoms with van der Waals surface area (Å²) in [5.74, 6) is 2.43. The summed E-state index contributed by atoms with van der Waals surface area (Å²) in [5.41, 5.74) is 1.70. The Balaban J connectivity index is 1.53. The van der Waals surface area contributed by atoms with Gasteiger partial charge in [-0.2, -0.15) is 11.8 Å². The van der Waals surface area contributed by atoms with Gasteiger partial charge in [-0.25, -0.2) is 0 Å². The van der Waals surface area contributed by atoms with Crippen molar-refractivity contribution < 1.29 is 13.9 Å². The van der Waals surface area contributed by atoms with E-state index in [2.05, 4.69) is 0 Å². The first-order valence-electron chi connectivity index (χ1n) is 8.82. The molecule has 0 saturated carbocycles. The van der Waals surface area contributed by atoms with Crippen molar-refractivity contribution in [2.45, 2.75) is 0 Å². The number of carbonyl (C=O) groups excluding carboxylic acids is 1. The minimum absolute atomic E-state index is 0.0114. The summed E-state index contributed by atoms with van der Waals surface area (Å²) < 4.78 is 11.3. The summed E-state index contributed by atoms with van der Waals surface area (Å²) in [4.78, 5) is 26.8. The van der Waals surface area contributed by atoms with Gasteiger partial charge in [0.15, 0.2) is 12.0 Å². The van der Waals surface area contributed by atoms with Crippen molar-refractivity contribution in [1.29, 1.82) is 0 Å². The van der Waals surface area contributed by atoms with Crippen LogP contribution in [0, 0.1) is 0 Å². The molecule has 2 heterocycles. The highest BCUT2D eigenvalue weighted by Gasteiger charge is 2.17. The van der Waals surface area contributed by atoms with Gasteiger partial charge in [-0.15, -0.1) is 0 Å². The average molecular weight is 381 g/mol. The highest BCUT2D eigenvalue weighted by molar-refractivity contribution is 7.99. The van der Waals surface area contributed by atoms with Crippen LogP contribution in [0.4, 0.5) is 0 Å². The fourth-order valence-electron chi connectivity index (χ4n) is 3.06. The fourth-order valence-corrected chi connectivity index (χ4v) is 3.97. The van der Waals surface area contributed by atoms with Gasteiger partial charge >= 0.3 is 0 Å². The standard InChI is InChI=1S/C21H19NO4S/c23-20(22-8-10-27-11-9-22)14-25-16-6-7-17-19(12-16)26-13-18(21(17)24)15-4-2-1-3-5-15/h1-7,12-13H,8-11,14H2. The molecule has 1 amide bonds. The second-order valence-corrected chi connectivity index (χ2v) is 7.51. The van der Waals surface area contributed by atoms with Crippen molar-refractivity contribution in [3.63, 3.8) is 0 Å². The molecule has 1 aliphatic heterocycles. The van der Waals surface area contributed by atoms with Crippen molar-refractivity contribution in [1.82, 2.24) is 4.90 Å². The molecule has 0 unspecified atom stereocenters. The number of amides is 1. The van der Waals surface area contributed by atoms with Gasteiger partial charge in [-0.1, -0.05) is 30.3 Å². The van der Waals surface area contributed by atoms with Gasteiger partial charge in [0.1, 0.15) is 17.6 Å². The van der Waals surface area contributed by atoms with E-state index in [1.807, 2.05) is 47.0 Å². The Hall–Kier alpha value is -2.73. The molecule has 0 N–H and O–H groups in total. The molecule has 0 atom stereocenters. The smallest absolute Gasteiger partial charge is 0.260 e. The van der Waals surface area contributed by atoms with E-state index in [0.717, 1.165) is 30.2 Å². The lowest BCUT2D eigenvalue weighted by Gasteiger charge is -2.26. The summed E-state index contributed by atoms with van der Waals surface area (Å²) in [6.07, 6.45) is 1.47. The molecule has 0 bridgehead atoms. The Morgan fingerprint density at radius 3 is 2.67 bits per heavy atom. The van der Waals surface area contributed by atoms with Crippen molar-refractivity contribution in [2.24, 2.45) is 0 Å². The largest absolute Gasteiger partial charge is 0.484 e. The van der Waals surface area contributed by atoms with Crippen LogP contribution in [0.3, 0.4) is 0 Å². The topological polar surface area (TPSA) is 59.8 Å². The molecule has 1 fully saturated rings. The van der Waals surface area contributed by atoms with Gasteiger partial charge in [0.2, 0.25) is 0 Å². The zero-order valence-electron chi connectivity index (χ0n) is 14.7. The van der Waals surface area contributed by atoms with E-state index in [1.54, 1.807) is 18.2 Å². The number of rotatable bonds is 4. The van der Waals surface area contributed by atoms with E-state index in [1.165, 1.54) is 6.26 Å². The third-order valence-corrected chi connectivity index (χ3v) is 5.50. The molecule has 1 saturated heterocycles. The van der Waals surface area contributed by atoms with E-state index < -0.39 is 0 Å². The van der Waals surface area contributed by atoms with Gasteiger partial charge in [0, 0.05) is 30.7 Å². The number of benzene rings is 2. The molecule has 138 valence electrons. The van der Waals surface area contributed by atoms with Crippen molar-refractivity contribution in [3.05, 3.63) is 65.0 Å². The number of fused-ring (bicyclic) bond motifs is 1. The number of ether oxygens (including phenoxy) is 1. The molecule has 6 heteroatoms. The average Bonchev–Trinajstić information content (AvgIpc) is 2.73. The highest BCUT2D eigenvalue weighted by atomic mass is 32.2. The maximum absolute atomic E-state index is 12.7. The Bertz CT molecular complexity index is 1010. The van der Waals surface area contributed by atoms with E-state index in [4.69, 9.17) is 9.15 Å². The van der Waals surface area contributed by atoms with Crippen LogP contribution in [0.2, 0.25) is 0 Å². The van der Waals surface area contributed by atoms with Crippen LogP contribution in [0.1, 0.15) is 0 Å². The number of thioether (sulfide) groups is 1. The Kier molecular flexibility index (Phi) is 5.16. The van der Waals surface area contributed by atoms with Crippen molar-refractivity contribution >= 4 is 28.6 Å². The molecule has 0 aliphatic carbocycles. The van der Waals surface area contributed by atoms with Crippen molar-refractivity contribution in [2.75, 3.05) is 31.2 Å². The first kappa shape index (κ1) is 17.7. The van der Waals surface area contributed by atoms with E-state index in [0.29, 0.717) is 22.3 Å². The number of hydrogen-bond acceptors (Lipinski definition) is 5. The highest BCUT2D eigenvalue weighted by Crippen LogP contribution is 2.23. The second kappa shape index (κ2) is 7.88. The quantitative estimate of drug-likeness (QED) is 0.693. The molecular weight excluding hydrogens is 362 g/mol. The number of nitrogens with zero attached hydrogens (tertiary/aromatic N) is 1. The Morgan fingerprint density at radius 2 is 1.89 bits per heavy atom. The summed E-state index contributed by atoms with van der Waals surface area (Å²) in [5, 5.41) is 0.489. The molecule has 2 aromatic carbocycles. The predicted molar refractivity (Wildman–Crippen MR) is 107 cm³/mol. The third kappa shape index (κ3) is 3.85. The molecule has 3 aromatic rings.